The first-order valence-electron chi connectivity index (χ1n) is 3.77. The average Bonchev–Trinajstić information content (AvgIpc) is 2.49. The molecule has 0 bridgehead atoms. The van der Waals surface area contributed by atoms with E-state index in [0.717, 1.165) is 11.5 Å². The number of hydrazine groups is 1. The van der Waals surface area contributed by atoms with Gasteiger partial charge in [-0.25, -0.2) is 5.84 Å². The second kappa shape index (κ2) is 4.37. The van der Waals surface area contributed by atoms with Crippen LogP contribution in [0.15, 0.2) is 0 Å². The molecule has 0 saturated heterocycles. The van der Waals surface area contributed by atoms with Gasteiger partial charge in [-0.3, -0.25) is 5.01 Å². The van der Waals surface area contributed by atoms with Gasteiger partial charge in [-0.1, -0.05) is 34.8 Å². The van der Waals surface area contributed by atoms with E-state index < -0.39 is 3.79 Å². The number of nitrogens with two attached hydrogens (primary N) is 1. The summed E-state index contributed by atoms with van der Waals surface area (Å²) < 4.78 is 2.31. The summed E-state index contributed by atoms with van der Waals surface area (Å²) in [4.78, 5) is 4.02. The smallest absolute Gasteiger partial charge is 0.251 e. The molecule has 80 valence electrons. The molecule has 0 atom stereocenters. The van der Waals surface area contributed by atoms with Gasteiger partial charge >= 0.3 is 0 Å². The molecule has 0 fully saturated rings. The third kappa shape index (κ3) is 2.84. The van der Waals surface area contributed by atoms with Gasteiger partial charge in [-0.2, -0.15) is 9.36 Å². The summed E-state index contributed by atoms with van der Waals surface area (Å²) in [5.74, 6) is 5.86. The van der Waals surface area contributed by atoms with Crippen molar-refractivity contribution in [2.75, 3.05) is 5.01 Å². The van der Waals surface area contributed by atoms with Crippen LogP contribution < -0.4 is 10.9 Å². The Bertz CT molecular complexity index is 308. The predicted molar refractivity (Wildman–Crippen MR) is 60.9 cm³/mol. The second-order valence-corrected chi connectivity index (χ2v) is 5.91. The van der Waals surface area contributed by atoms with E-state index in [-0.39, 0.29) is 11.9 Å². The zero-order chi connectivity index (χ0) is 10.9. The molecule has 0 aliphatic rings. The van der Waals surface area contributed by atoms with Crippen LogP contribution in [0.3, 0.4) is 0 Å². The van der Waals surface area contributed by atoms with E-state index in [2.05, 4.69) is 9.36 Å². The van der Waals surface area contributed by atoms with Crippen LogP contribution in [0, 0.1) is 0 Å². The number of rotatable bonds is 2. The number of alkyl halides is 3. The van der Waals surface area contributed by atoms with E-state index in [1.165, 1.54) is 5.01 Å². The lowest BCUT2D eigenvalue weighted by Gasteiger charge is -2.18. The third-order valence-electron chi connectivity index (χ3n) is 1.45. The molecule has 0 saturated carbocycles. The van der Waals surface area contributed by atoms with Gasteiger partial charge in [0.2, 0.25) is 5.13 Å². The zero-order valence-electron chi connectivity index (χ0n) is 7.54. The molecule has 0 unspecified atom stereocenters. The molecule has 8 heteroatoms. The fraction of sp³-hybridized carbons (Fsp3) is 0.667. The molecular weight excluding hydrogens is 267 g/mol. The van der Waals surface area contributed by atoms with Crippen LogP contribution in [-0.4, -0.2) is 15.4 Å². The first-order chi connectivity index (χ1) is 6.32. The number of halogens is 3. The zero-order valence-corrected chi connectivity index (χ0v) is 10.6. The number of hydrogen-bond acceptors (Lipinski definition) is 5. The van der Waals surface area contributed by atoms with Crippen molar-refractivity contribution < 1.29 is 0 Å². The Morgan fingerprint density at radius 3 is 2.36 bits per heavy atom. The second-order valence-electron chi connectivity index (χ2n) is 2.90. The lowest BCUT2D eigenvalue weighted by Crippen LogP contribution is -2.37. The van der Waals surface area contributed by atoms with Gasteiger partial charge in [0, 0.05) is 17.6 Å². The number of hydrogen-bond donors (Lipinski definition) is 1. The highest BCUT2D eigenvalue weighted by Crippen LogP contribution is 2.37. The molecule has 1 heterocycles. The fourth-order valence-corrected chi connectivity index (χ4v) is 1.84. The molecule has 0 aromatic carbocycles. The van der Waals surface area contributed by atoms with Crippen LogP contribution in [-0.2, 0) is 3.79 Å². The summed E-state index contributed by atoms with van der Waals surface area (Å²) >= 11 is 17.9. The highest BCUT2D eigenvalue weighted by molar-refractivity contribution is 7.09. The van der Waals surface area contributed by atoms with Gasteiger partial charge in [-0.05, 0) is 13.8 Å². The molecular formula is C6H9Cl3N4S. The minimum absolute atomic E-state index is 0.117. The normalized spacial score (nSPS) is 12.2. The van der Waals surface area contributed by atoms with Gasteiger partial charge < -0.3 is 0 Å². The minimum atomic E-state index is -1.59. The molecule has 0 radical (unpaired) electrons. The minimum Gasteiger partial charge on any atom is -0.282 e. The van der Waals surface area contributed by atoms with Crippen molar-refractivity contribution in [3.8, 4) is 0 Å². The predicted octanol–water partition coefficient (Wildman–Crippen LogP) is 2.45. The monoisotopic (exact) mass is 274 g/mol. The van der Waals surface area contributed by atoms with Crippen molar-refractivity contribution in [2.45, 2.75) is 23.7 Å². The Balaban J connectivity index is 2.89. The molecule has 0 aliphatic heterocycles. The molecule has 0 spiro atoms. The van der Waals surface area contributed by atoms with Crippen molar-refractivity contribution >= 4 is 51.5 Å². The lowest BCUT2D eigenvalue weighted by molar-refractivity contribution is 0.707. The van der Waals surface area contributed by atoms with Crippen LogP contribution in [0.5, 0.6) is 0 Å². The molecule has 1 rings (SSSR count). The maximum atomic E-state index is 5.71. The lowest BCUT2D eigenvalue weighted by atomic mass is 10.4. The quantitative estimate of drug-likeness (QED) is 0.512. The standard InChI is InChI=1S/C6H9Cl3N4S/c1-3(2)13(10)5-11-4(12-14-5)6(7,8)9/h3H,10H2,1-2H3. The number of anilines is 1. The van der Waals surface area contributed by atoms with Crippen molar-refractivity contribution in [1.82, 2.24) is 9.36 Å². The summed E-state index contributed by atoms with van der Waals surface area (Å²) in [6, 6.07) is 0.117. The van der Waals surface area contributed by atoms with Crippen molar-refractivity contribution in [2.24, 2.45) is 5.84 Å². The van der Waals surface area contributed by atoms with Crippen molar-refractivity contribution in [1.29, 1.82) is 0 Å². The Labute approximate surface area is 101 Å². The number of aromatic nitrogens is 2. The Kier molecular flexibility index (Phi) is 3.82. The van der Waals surface area contributed by atoms with Gasteiger partial charge in [-0.15, -0.1) is 0 Å². The van der Waals surface area contributed by atoms with E-state index in [1.807, 2.05) is 13.8 Å². The van der Waals surface area contributed by atoms with Gasteiger partial charge in [0.1, 0.15) is 0 Å². The molecule has 1 aromatic heterocycles. The van der Waals surface area contributed by atoms with Crippen molar-refractivity contribution in [3.05, 3.63) is 5.82 Å². The summed E-state index contributed by atoms with van der Waals surface area (Å²) in [6.07, 6.45) is 0. The highest BCUT2D eigenvalue weighted by atomic mass is 35.6. The topological polar surface area (TPSA) is 55.0 Å². The molecule has 0 amide bonds. The SMILES string of the molecule is CC(C)N(N)c1nc(C(Cl)(Cl)Cl)ns1. The third-order valence-corrected chi connectivity index (χ3v) is 2.68. The highest BCUT2D eigenvalue weighted by Gasteiger charge is 2.29. The Morgan fingerprint density at radius 2 is 2.00 bits per heavy atom. The molecule has 1 aromatic rings. The van der Waals surface area contributed by atoms with Crippen LogP contribution in [0.25, 0.3) is 0 Å². The van der Waals surface area contributed by atoms with Gasteiger partial charge in [0.05, 0.1) is 0 Å². The Hall–Kier alpha value is 0.190. The maximum Gasteiger partial charge on any atom is 0.251 e. The van der Waals surface area contributed by atoms with Gasteiger partial charge in [0.25, 0.3) is 3.79 Å². The summed E-state index contributed by atoms with van der Waals surface area (Å²) in [6.45, 7) is 3.85. The van der Waals surface area contributed by atoms with Crippen LogP contribution in [0.4, 0.5) is 5.13 Å². The van der Waals surface area contributed by atoms with Crippen LogP contribution in [0.1, 0.15) is 19.7 Å². The molecule has 0 aliphatic carbocycles. The average molecular weight is 276 g/mol. The van der Waals surface area contributed by atoms with Crippen molar-refractivity contribution in [3.63, 3.8) is 0 Å². The molecule has 14 heavy (non-hydrogen) atoms. The van der Waals surface area contributed by atoms with E-state index in [4.69, 9.17) is 40.6 Å². The maximum absolute atomic E-state index is 5.71. The van der Waals surface area contributed by atoms with Gasteiger partial charge in [0.15, 0.2) is 5.82 Å². The van der Waals surface area contributed by atoms with E-state index >= 15 is 0 Å². The number of nitrogens with zero attached hydrogens (tertiary/aromatic N) is 3. The summed E-state index contributed by atoms with van der Waals surface area (Å²) in [5, 5.41) is 2.00. The largest absolute Gasteiger partial charge is 0.282 e. The molecule has 2 N–H and O–H groups in total. The summed E-state index contributed by atoms with van der Waals surface area (Å²) in [5.41, 5.74) is 0. The fourth-order valence-electron chi connectivity index (χ4n) is 0.656. The first kappa shape index (κ1) is 12.3. The van der Waals surface area contributed by atoms with E-state index in [1.54, 1.807) is 0 Å². The molecule has 4 nitrogen and oxygen atoms in total. The first-order valence-corrected chi connectivity index (χ1v) is 5.68. The van der Waals surface area contributed by atoms with E-state index in [9.17, 15) is 0 Å². The van der Waals surface area contributed by atoms with Crippen LogP contribution >= 0.6 is 46.3 Å². The summed E-state index contributed by atoms with van der Waals surface area (Å²) in [7, 11) is 0. The van der Waals surface area contributed by atoms with Crippen LogP contribution in [0.2, 0.25) is 0 Å². The van der Waals surface area contributed by atoms with E-state index in [0.29, 0.717) is 5.13 Å². The Morgan fingerprint density at radius 1 is 1.43 bits per heavy atom.